The van der Waals surface area contributed by atoms with E-state index in [0.29, 0.717) is 5.92 Å². The number of aliphatic hydroxyl groups is 1. The minimum absolute atomic E-state index is 0.325. The van der Waals surface area contributed by atoms with Gasteiger partial charge in [-0.1, -0.05) is 0 Å². The van der Waals surface area contributed by atoms with E-state index in [1.807, 2.05) is 0 Å². The minimum atomic E-state index is -0.386. The number of aromatic nitrogens is 2. The monoisotopic (exact) mass is 182 g/mol. The maximum Gasteiger partial charge on any atom is 0.0850 e. The smallest absolute Gasteiger partial charge is 0.0850 e. The molecule has 0 spiro atoms. The summed E-state index contributed by atoms with van der Waals surface area (Å²) in [5.74, 6) is 0.325. The summed E-state index contributed by atoms with van der Waals surface area (Å²) in [6, 6.07) is 0. The zero-order valence-corrected chi connectivity index (χ0v) is 7.44. The van der Waals surface area contributed by atoms with Crippen molar-refractivity contribution >= 4 is 0 Å². The highest BCUT2D eigenvalue weighted by atomic mass is 16.5. The van der Waals surface area contributed by atoms with E-state index in [1.165, 1.54) is 0 Å². The van der Waals surface area contributed by atoms with Gasteiger partial charge in [-0.05, 0) is 18.8 Å². The van der Waals surface area contributed by atoms with Crippen LogP contribution in [0.3, 0.4) is 0 Å². The highest BCUT2D eigenvalue weighted by Crippen LogP contribution is 2.28. The van der Waals surface area contributed by atoms with Gasteiger partial charge in [0.1, 0.15) is 0 Å². The predicted octanol–water partition coefficient (Wildman–Crippen LogP) is 0.870. The van der Waals surface area contributed by atoms with Crippen molar-refractivity contribution in [3.63, 3.8) is 0 Å². The second kappa shape index (κ2) is 3.89. The number of rotatable bonds is 2. The molecule has 0 aromatic carbocycles. The summed E-state index contributed by atoms with van der Waals surface area (Å²) in [6.45, 7) is 1.53. The molecule has 1 fully saturated rings. The molecule has 2 N–H and O–H groups in total. The Kier molecular flexibility index (Phi) is 2.61. The first-order chi connectivity index (χ1) is 6.38. The van der Waals surface area contributed by atoms with E-state index in [9.17, 15) is 5.11 Å². The predicted molar refractivity (Wildman–Crippen MR) is 47.1 cm³/mol. The first kappa shape index (κ1) is 8.72. The van der Waals surface area contributed by atoms with Crippen LogP contribution in [0.1, 0.15) is 24.5 Å². The van der Waals surface area contributed by atoms with Crippen LogP contribution in [-0.4, -0.2) is 28.5 Å². The fourth-order valence-electron chi connectivity index (χ4n) is 1.73. The van der Waals surface area contributed by atoms with Gasteiger partial charge < -0.3 is 9.84 Å². The number of H-pyrrole nitrogens is 1. The van der Waals surface area contributed by atoms with E-state index in [4.69, 9.17) is 4.74 Å². The number of ether oxygens (including phenoxy) is 1. The zero-order chi connectivity index (χ0) is 9.10. The summed E-state index contributed by atoms with van der Waals surface area (Å²) in [4.78, 5) is 0. The molecule has 0 bridgehead atoms. The van der Waals surface area contributed by atoms with Crippen molar-refractivity contribution in [3.05, 3.63) is 18.0 Å². The quantitative estimate of drug-likeness (QED) is 0.713. The molecule has 13 heavy (non-hydrogen) atoms. The van der Waals surface area contributed by atoms with E-state index >= 15 is 0 Å². The largest absolute Gasteiger partial charge is 0.388 e. The second-order valence-corrected chi connectivity index (χ2v) is 3.43. The lowest BCUT2D eigenvalue weighted by atomic mass is 9.91. The van der Waals surface area contributed by atoms with Crippen LogP contribution in [0.5, 0.6) is 0 Å². The number of aliphatic hydroxyl groups excluding tert-OH is 1. The summed E-state index contributed by atoms with van der Waals surface area (Å²) in [6.07, 6.45) is 4.92. The molecule has 1 aliphatic heterocycles. The maximum absolute atomic E-state index is 9.92. The Morgan fingerprint density at radius 1 is 1.54 bits per heavy atom. The first-order valence-corrected chi connectivity index (χ1v) is 4.62. The lowest BCUT2D eigenvalue weighted by Crippen LogP contribution is -2.21. The Hall–Kier alpha value is -0.870. The average Bonchev–Trinajstić information content (AvgIpc) is 2.71. The number of hydrogen-bond acceptors (Lipinski definition) is 3. The molecule has 1 aliphatic rings. The normalized spacial score (nSPS) is 21.6. The van der Waals surface area contributed by atoms with E-state index in [0.717, 1.165) is 31.6 Å². The summed E-state index contributed by atoms with van der Waals surface area (Å²) < 4.78 is 5.23. The van der Waals surface area contributed by atoms with E-state index in [1.54, 1.807) is 12.4 Å². The summed E-state index contributed by atoms with van der Waals surface area (Å²) in [5.41, 5.74) is 0.881. The third-order valence-corrected chi connectivity index (χ3v) is 2.57. The molecule has 1 atom stereocenters. The standard InChI is InChI=1S/C9H14N2O2/c12-9(8-5-10-11-6-8)7-1-3-13-4-2-7/h5-7,9,12H,1-4H2,(H,10,11). The zero-order valence-electron chi connectivity index (χ0n) is 7.44. The Morgan fingerprint density at radius 3 is 2.92 bits per heavy atom. The topological polar surface area (TPSA) is 58.1 Å². The van der Waals surface area contributed by atoms with Crippen LogP contribution in [0.2, 0.25) is 0 Å². The highest BCUT2D eigenvalue weighted by molar-refractivity contribution is 5.08. The molecule has 72 valence electrons. The Morgan fingerprint density at radius 2 is 2.31 bits per heavy atom. The number of aromatic amines is 1. The average molecular weight is 182 g/mol. The number of nitrogens with one attached hydrogen (secondary N) is 1. The van der Waals surface area contributed by atoms with Gasteiger partial charge in [0.25, 0.3) is 0 Å². The molecule has 1 aromatic heterocycles. The Balaban J connectivity index is 1.99. The molecule has 0 amide bonds. The molecule has 0 aliphatic carbocycles. The fourth-order valence-corrected chi connectivity index (χ4v) is 1.73. The summed E-state index contributed by atoms with van der Waals surface area (Å²) in [7, 11) is 0. The molecular weight excluding hydrogens is 168 g/mol. The van der Waals surface area contributed by atoms with Gasteiger partial charge in [0.15, 0.2) is 0 Å². The molecule has 0 saturated carbocycles. The van der Waals surface area contributed by atoms with Gasteiger partial charge in [-0.3, -0.25) is 5.10 Å². The van der Waals surface area contributed by atoms with Crippen LogP contribution in [0.4, 0.5) is 0 Å². The molecule has 2 rings (SSSR count). The van der Waals surface area contributed by atoms with Crippen molar-refractivity contribution in [2.75, 3.05) is 13.2 Å². The SMILES string of the molecule is OC(c1cn[nH]c1)C1CCOCC1. The van der Waals surface area contributed by atoms with Gasteiger partial charge in [-0.15, -0.1) is 0 Å². The van der Waals surface area contributed by atoms with Gasteiger partial charge >= 0.3 is 0 Å². The third-order valence-electron chi connectivity index (χ3n) is 2.57. The molecule has 4 heteroatoms. The molecule has 2 heterocycles. The van der Waals surface area contributed by atoms with Crippen molar-refractivity contribution in [1.82, 2.24) is 10.2 Å². The Labute approximate surface area is 76.9 Å². The van der Waals surface area contributed by atoms with E-state index in [2.05, 4.69) is 10.2 Å². The van der Waals surface area contributed by atoms with E-state index < -0.39 is 0 Å². The Bertz CT molecular complexity index is 242. The van der Waals surface area contributed by atoms with Crippen LogP contribution >= 0.6 is 0 Å². The van der Waals surface area contributed by atoms with Crippen molar-refractivity contribution in [2.45, 2.75) is 18.9 Å². The van der Waals surface area contributed by atoms with Crippen molar-refractivity contribution < 1.29 is 9.84 Å². The summed E-state index contributed by atoms with van der Waals surface area (Å²) in [5, 5.41) is 16.4. The van der Waals surface area contributed by atoms with Crippen LogP contribution in [0, 0.1) is 5.92 Å². The van der Waals surface area contributed by atoms with Gasteiger partial charge in [0.2, 0.25) is 0 Å². The molecular formula is C9H14N2O2. The molecule has 1 unspecified atom stereocenters. The second-order valence-electron chi connectivity index (χ2n) is 3.43. The van der Waals surface area contributed by atoms with Crippen LogP contribution < -0.4 is 0 Å². The lowest BCUT2D eigenvalue weighted by molar-refractivity contribution is 0.00719. The fraction of sp³-hybridized carbons (Fsp3) is 0.667. The van der Waals surface area contributed by atoms with Crippen LogP contribution in [0.25, 0.3) is 0 Å². The van der Waals surface area contributed by atoms with Crippen LogP contribution in [0.15, 0.2) is 12.4 Å². The molecule has 1 aromatic rings. The van der Waals surface area contributed by atoms with Gasteiger partial charge in [0.05, 0.1) is 12.3 Å². The van der Waals surface area contributed by atoms with Crippen molar-refractivity contribution in [3.8, 4) is 0 Å². The van der Waals surface area contributed by atoms with Crippen molar-refractivity contribution in [2.24, 2.45) is 5.92 Å². The van der Waals surface area contributed by atoms with Gasteiger partial charge in [-0.25, -0.2) is 0 Å². The minimum Gasteiger partial charge on any atom is -0.388 e. The van der Waals surface area contributed by atoms with Gasteiger partial charge in [0, 0.05) is 25.0 Å². The van der Waals surface area contributed by atoms with Gasteiger partial charge in [-0.2, -0.15) is 5.10 Å². The molecule has 4 nitrogen and oxygen atoms in total. The van der Waals surface area contributed by atoms with Crippen molar-refractivity contribution in [1.29, 1.82) is 0 Å². The van der Waals surface area contributed by atoms with Crippen LogP contribution in [-0.2, 0) is 4.74 Å². The number of nitrogens with zero attached hydrogens (tertiary/aromatic N) is 1. The van der Waals surface area contributed by atoms with E-state index in [-0.39, 0.29) is 6.10 Å². The highest BCUT2D eigenvalue weighted by Gasteiger charge is 2.23. The number of hydrogen-bond donors (Lipinski definition) is 2. The maximum atomic E-state index is 9.92. The molecule has 1 saturated heterocycles. The first-order valence-electron chi connectivity index (χ1n) is 4.62. The third kappa shape index (κ3) is 1.89. The molecule has 0 radical (unpaired) electrons. The summed E-state index contributed by atoms with van der Waals surface area (Å²) >= 11 is 0. The lowest BCUT2D eigenvalue weighted by Gasteiger charge is -2.25.